The number of β-lactam (4-membered cyclic amide) rings is 1. The van der Waals surface area contributed by atoms with Gasteiger partial charge < -0.3 is 21.1 Å². The van der Waals surface area contributed by atoms with Crippen molar-refractivity contribution in [2.75, 3.05) is 0 Å². The van der Waals surface area contributed by atoms with Crippen molar-refractivity contribution in [3.05, 3.63) is 46.3 Å². The fraction of sp³-hybridized carbons (Fsp3) is 0.381. The lowest BCUT2D eigenvalue weighted by Gasteiger charge is -2.51. The number of halogens is 1. The summed E-state index contributed by atoms with van der Waals surface area (Å²) < 4.78 is -0.682. The fourth-order valence-electron chi connectivity index (χ4n) is 4.13. The second-order valence-electron chi connectivity index (χ2n) is 8.38. The van der Waals surface area contributed by atoms with Gasteiger partial charge >= 0.3 is 5.97 Å². The number of hydrogen-bond acceptors (Lipinski definition) is 6. The first-order valence-corrected chi connectivity index (χ1v) is 11.7. The van der Waals surface area contributed by atoms with Gasteiger partial charge in [0, 0.05) is 9.62 Å². The largest absolute Gasteiger partial charge is 0.480 e. The summed E-state index contributed by atoms with van der Waals surface area (Å²) in [5, 5.41) is 12.3. The van der Waals surface area contributed by atoms with Crippen LogP contribution in [0, 0.1) is 0 Å². The molecule has 2 amide bonds. The molecule has 4 rings (SSSR count). The van der Waals surface area contributed by atoms with Crippen molar-refractivity contribution in [3.63, 3.8) is 0 Å². The van der Waals surface area contributed by atoms with E-state index in [9.17, 15) is 19.5 Å². The van der Waals surface area contributed by atoms with E-state index in [2.05, 4.69) is 5.32 Å². The van der Waals surface area contributed by atoms with Crippen LogP contribution < -0.4 is 11.1 Å². The molecule has 4 N–H and O–H groups in total. The lowest BCUT2D eigenvalue weighted by Crippen LogP contribution is -2.78. The highest BCUT2D eigenvalue weighted by atomic mass is 35.5. The van der Waals surface area contributed by atoms with Crippen LogP contribution in [0.15, 0.2) is 36.4 Å². The van der Waals surface area contributed by atoms with E-state index >= 15 is 0 Å². The van der Waals surface area contributed by atoms with Gasteiger partial charge in [-0.05, 0) is 32.4 Å². The highest BCUT2D eigenvalue weighted by molar-refractivity contribution is 8.01. The van der Waals surface area contributed by atoms with Crippen molar-refractivity contribution in [1.29, 1.82) is 0 Å². The van der Waals surface area contributed by atoms with Gasteiger partial charge in [0.25, 0.3) is 5.91 Å². The Balaban J connectivity index is 1.54. The summed E-state index contributed by atoms with van der Waals surface area (Å²) >= 11 is 9.06. The third kappa shape index (κ3) is 3.44. The molecule has 10 heteroatoms. The smallest absolute Gasteiger partial charge is 0.327 e. The monoisotopic (exact) mass is 479 g/mol. The summed E-state index contributed by atoms with van der Waals surface area (Å²) in [4.78, 5) is 40.3. The molecule has 3 heterocycles. The zero-order valence-corrected chi connectivity index (χ0v) is 19.5. The van der Waals surface area contributed by atoms with Crippen molar-refractivity contribution < 1.29 is 19.5 Å². The summed E-state index contributed by atoms with van der Waals surface area (Å²) in [7, 11) is 0. The van der Waals surface area contributed by atoms with E-state index < -0.39 is 45.5 Å². The van der Waals surface area contributed by atoms with Gasteiger partial charge in [0.15, 0.2) is 0 Å². The molecule has 2 aliphatic heterocycles. The standard InChI is InChI=1S/C21H22ClN3O4S2/c1-20(2)15(17(27)28)25-18(29)21(3,19(25)31-20)24-16(26)13(23)14-11(22)9-12(30-14)10-7-5-4-6-8-10/h4-9,13,15,19H,23H2,1-3H3,(H,24,26)(H,27,28)/t13?,15-,19+,21-/m0/s1. The Morgan fingerprint density at radius 1 is 1.26 bits per heavy atom. The van der Waals surface area contributed by atoms with Gasteiger partial charge in [-0.15, -0.1) is 23.1 Å². The minimum absolute atomic E-state index is 0.389. The normalized spacial score (nSPS) is 27.4. The number of aliphatic carboxylic acids is 1. The molecular formula is C21H22ClN3O4S2. The lowest BCUT2D eigenvalue weighted by atomic mass is 9.86. The number of carboxylic acids is 1. The SMILES string of the molecule is CC1(C)S[C@H]2N(C(=O)[C@]2(C)NC(=O)C(N)c2sc(-c3ccccc3)cc2Cl)[C@H]1C(=O)O. The average molecular weight is 480 g/mol. The second kappa shape index (κ2) is 7.51. The van der Waals surface area contributed by atoms with Gasteiger partial charge in [0.1, 0.15) is 23.0 Å². The van der Waals surface area contributed by atoms with Crippen molar-refractivity contribution in [1.82, 2.24) is 10.2 Å². The number of nitrogens with two attached hydrogens (primary N) is 1. The third-order valence-electron chi connectivity index (χ3n) is 5.73. The van der Waals surface area contributed by atoms with Crippen LogP contribution in [0.25, 0.3) is 10.4 Å². The summed E-state index contributed by atoms with van der Waals surface area (Å²) in [6, 6.07) is 9.39. The molecule has 2 aliphatic rings. The van der Waals surface area contributed by atoms with Gasteiger partial charge in [-0.3, -0.25) is 9.59 Å². The Morgan fingerprint density at radius 3 is 2.52 bits per heavy atom. The third-order valence-corrected chi connectivity index (χ3v) is 9.18. The van der Waals surface area contributed by atoms with Gasteiger partial charge in [0.2, 0.25) is 5.91 Å². The Kier molecular flexibility index (Phi) is 5.36. The first kappa shape index (κ1) is 22.1. The van der Waals surface area contributed by atoms with E-state index in [0.717, 1.165) is 10.4 Å². The molecule has 0 spiro atoms. The maximum atomic E-state index is 13.0. The summed E-state index contributed by atoms with van der Waals surface area (Å²) in [5.41, 5.74) is 5.95. The van der Waals surface area contributed by atoms with E-state index in [0.29, 0.717) is 9.90 Å². The summed E-state index contributed by atoms with van der Waals surface area (Å²) in [6.45, 7) is 5.18. The van der Waals surface area contributed by atoms with Crippen molar-refractivity contribution in [3.8, 4) is 10.4 Å². The van der Waals surface area contributed by atoms with E-state index in [4.69, 9.17) is 17.3 Å². The Hall–Kier alpha value is -2.07. The van der Waals surface area contributed by atoms with Gasteiger partial charge in [0.05, 0.1) is 9.90 Å². The van der Waals surface area contributed by atoms with Crippen molar-refractivity contribution >= 4 is 52.5 Å². The summed E-state index contributed by atoms with van der Waals surface area (Å²) in [6.07, 6.45) is 0. The quantitative estimate of drug-likeness (QED) is 0.568. The number of fused-ring (bicyclic) bond motifs is 1. The maximum absolute atomic E-state index is 13.0. The number of amides is 2. The minimum Gasteiger partial charge on any atom is -0.480 e. The topological polar surface area (TPSA) is 113 Å². The number of nitrogens with one attached hydrogen (secondary N) is 1. The number of thiophene rings is 1. The zero-order valence-electron chi connectivity index (χ0n) is 17.1. The van der Waals surface area contributed by atoms with Crippen LogP contribution in [0.3, 0.4) is 0 Å². The molecule has 7 nitrogen and oxygen atoms in total. The molecule has 0 radical (unpaired) electrons. The van der Waals surface area contributed by atoms with Crippen molar-refractivity contribution in [2.45, 2.75) is 48.5 Å². The summed E-state index contributed by atoms with van der Waals surface area (Å²) in [5.74, 6) is -2.01. The molecule has 0 bridgehead atoms. The van der Waals surface area contributed by atoms with Crippen LogP contribution in [0.2, 0.25) is 5.02 Å². The predicted molar refractivity (Wildman–Crippen MR) is 122 cm³/mol. The Morgan fingerprint density at radius 2 is 1.90 bits per heavy atom. The van der Waals surface area contributed by atoms with Crippen LogP contribution in [-0.4, -0.2) is 49.5 Å². The number of carbonyl (C=O) groups excluding carboxylic acids is 2. The fourth-order valence-corrected chi connectivity index (χ4v) is 7.24. The van der Waals surface area contributed by atoms with Crippen LogP contribution >= 0.6 is 34.7 Å². The zero-order chi connectivity index (χ0) is 22.7. The number of carbonyl (C=O) groups is 3. The number of thioether (sulfide) groups is 1. The second-order valence-corrected chi connectivity index (χ2v) is 11.6. The molecule has 1 unspecified atom stereocenters. The van der Waals surface area contributed by atoms with Gasteiger partial charge in [-0.2, -0.15) is 0 Å². The first-order valence-electron chi connectivity index (χ1n) is 9.63. The molecule has 31 heavy (non-hydrogen) atoms. The van der Waals surface area contributed by atoms with Crippen LogP contribution in [0.4, 0.5) is 0 Å². The van der Waals surface area contributed by atoms with Crippen LogP contribution in [0.1, 0.15) is 31.7 Å². The number of carboxylic acid groups (broad SMARTS) is 1. The molecular weight excluding hydrogens is 458 g/mol. The molecule has 2 fully saturated rings. The van der Waals surface area contributed by atoms with Crippen LogP contribution in [0.5, 0.6) is 0 Å². The molecule has 1 aromatic heterocycles. The van der Waals surface area contributed by atoms with Gasteiger partial charge in [-0.1, -0.05) is 41.9 Å². The molecule has 0 aliphatic carbocycles. The highest BCUT2D eigenvalue weighted by Gasteiger charge is 2.70. The number of benzene rings is 1. The molecule has 164 valence electrons. The van der Waals surface area contributed by atoms with E-state index in [1.165, 1.54) is 28.0 Å². The maximum Gasteiger partial charge on any atom is 0.327 e. The van der Waals surface area contributed by atoms with E-state index in [1.54, 1.807) is 26.8 Å². The Bertz CT molecular complexity index is 1070. The molecule has 2 saturated heterocycles. The molecule has 2 aromatic rings. The van der Waals surface area contributed by atoms with E-state index in [1.807, 2.05) is 30.3 Å². The minimum atomic E-state index is -1.23. The number of rotatable bonds is 5. The van der Waals surface area contributed by atoms with Crippen molar-refractivity contribution in [2.24, 2.45) is 5.73 Å². The lowest BCUT2D eigenvalue weighted by molar-refractivity contribution is -0.168. The molecule has 4 atom stereocenters. The molecule has 1 aromatic carbocycles. The van der Waals surface area contributed by atoms with Crippen LogP contribution in [-0.2, 0) is 14.4 Å². The Labute approximate surface area is 192 Å². The highest BCUT2D eigenvalue weighted by Crippen LogP contribution is 2.54. The number of hydrogen-bond donors (Lipinski definition) is 3. The number of nitrogens with zero attached hydrogens (tertiary/aromatic N) is 1. The van der Waals surface area contributed by atoms with Gasteiger partial charge in [-0.25, -0.2) is 4.79 Å². The first-order chi connectivity index (χ1) is 14.5. The average Bonchev–Trinajstić information content (AvgIpc) is 3.23. The predicted octanol–water partition coefficient (Wildman–Crippen LogP) is 3.09. The van der Waals surface area contributed by atoms with E-state index in [-0.39, 0.29) is 0 Å². The molecule has 0 saturated carbocycles.